The maximum Gasteiger partial charge on any atom is 0.0931 e. The van der Waals surface area contributed by atoms with Crippen LogP contribution in [0.5, 0.6) is 0 Å². The van der Waals surface area contributed by atoms with Gasteiger partial charge < -0.3 is 10.1 Å². The van der Waals surface area contributed by atoms with Gasteiger partial charge in [0.2, 0.25) is 0 Å². The Kier molecular flexibility index (Phi) is 6.25. The van der Waals surface area contributed by atoms with E-state index in [9.17, 15) is 0 Å². The van der Waals surface area contributed by atoms with Gasteiger partial charge in [-0.1, -0.05) is 18.5 Å². The molecule has 86 valence electrons. The third-order valence-electron chi connectivity index (χ3n) is 2.19. The average molecular weight is 248 g/mol. The number of nitrogens with one attached hydrogen (secondary N) is 1. The summed E-state index contributed by atoms with van der Waals surface area (Å²) in [5, 5.41) is 3.28. The van der Waals surface area contributed by atoms with E-state index in [1.807, 2.05) is 13.1 Å². The molecule has 2 nitrogen and oxygen atoms in total. The second-order valence-electron chi connectivity index (χ2n) is 3.38. The summed E-state index contributed by atoms with van der Waals surface area (Å²) < 4.78 is 6.32. The van der Waals surface area contributed by atoms with E-state index in [-0.39, 0.29) is 0 Å². The Balaban J connectivity index is 2.35. The lowest BCUT2D eigenvalue weighted by Gasteiger charge is -2.14. The Labute approximate surface area is 101 Å². The van der Waals surface area contributed by atoms with Crippen LogP contribution in [0.2, 0.25) is 4.34 Å². The minimum absolute atomic E-state index is 0.361. The smallest absolute Gasteiger partial charge is 0.0931 e. The lowest BCUT2D eigenvalue weighted by molar-refractivity contribution is 0.125. The molecule has 15 heavy (non-hydrogen) atoms. The van der Waals surface area contributed by atoms with Crippen LogP contribution in [0.3, 0.4) is 0 Å². The molecule has 1 rings (SSSR count). The topological polar surface area (TPSA) is 21.3 Å². The number of halogens is 1. The SMILES string of the molecule is CCCOCCC(NC)c1ccc(Cl)s1. The molecule has 1 unspecified atom stereocenters. The van der Waals surface area contributed by atoms with Gasteiger partial charge in [0.25, 0.3) is 0 Å². The van der Waals surface area contributed by atoms with Crippen LogP contribution in [-0.2, 0) is 4.74 Å². The second-order valence-corrected chi connectivity index (χ2v) is 5.13. The zero-order valence-electron chi connectivity index (χ0n) is 9.25. The fourth-order valence-electron chi connectivity index (χ4n) is 1.39. The van der Waals surface area contributed by atoms with Crippen LogP contribution in [0, 0.1) is 0 Å². The van der Waals surface area contributed by atoms with Gasteiger partial charge in [0.05, 0.1) is 4.34 Å². The van der Waals surface area contributed by atoms with Crippen LogP contribution >= 0.6 is 22.9 Å². The first-order valence-corrected chi connectivity index (χ1v) is 6.47. The summed E-state index contributed by atoms with van der Waals surface area (Å²) in [4.78, 5) is 1.28. The van der Waals surface area contributed by atoms with E-state index in [4.69, 9.17) is 16.3 Å². The van der Waals surface area contributed by atoms with Gasteiger partial charge in [-0.25, -0.2) is 0 Å². The van der Waals surface area contributed by atoms with E-state index in [1.165, 1.54) is 4.88 Å². The van der Waals surface area contributed by atoms with Crippen LogP contribution in [0.15, 0.2) is 12.1 Å². The van der Waals surface area contributed by atoms with Gasteiger partial charge >= 0.3 is 0 Å². The molecule has 0 aliphatic carbocycles. The normalized spacial score (nSPS) is 13.0. The quantitative estimate of drug-likeness (QED) is 0.745. The summed E-state index contributed by atoms with van der Waals surface area (Å²) in [7, 11) is 1.97. The fourth-order valence-corrected chi connectivity index (χ4v) is 2.60. The molecule has 1 aromatic heterocycles. The van der Waals surface area contributed by atoms with Crippen molar-refractivity contribution in [3.63, 3.8) is 0 Å². The Morgan fingerprint density at radius 1 is 1.47 bits per heavy atom. The van der Waals surface area contributed by atoms with Crippen LogP contribution in [-0.4, -0.2) is 20.3 Å². The van der Waals surface area contributed by atoms with E-state index in [2.05, 4.69) is 18.3 Å². The number of rotatable bonds is 7. The number of ether oxygens (including phenoxy) is 1. The molecule has 0 saturated heterocycles. The van der Waals surface area contributed by atoms with Crippen molar-refractivity contribution in [3.05, 3.63) is 21.3 Å². The number of hydrogen-bond acceptors (Lipinski definition) is 3. The molecule has 0 aliphatic heterocycles. The first-order chi connectivity index (χ1) is 7.27. The highest BCUT2D eigenvalue weighted by molar-refractivity contribution is 7.16. The zero-order valence-corrected chi connectivity index (χ0v) is 10.8. The highest BCUT2D eigenvalue weighted by Gasteiger charge is 2.10. The maximum atomic E-state index is 5.90. The van der Waals surface area contributed by atoms with E-state index in [0.717, 1.165) is 30.4 Å². The summed E-state index contributed by atoms with van der Waals surface area (Å²) in [6.07, 6.45) is 2.07. The molecule has 0 spiro atoms. The van der Waals surface area contributed by atoms with Gasteiger partial charge in [0.15, 0.2) is 0 Å². The van der Waals surface area contributed by atoms with Crippen molar-refractivity contribution >= 4 is 22.9 Å². The largest absolute Gasteiger partial charge is 0.381 e. The van der Waals surface area contributed by atoms with Crippen molar-refractivity contribution in [2.75, 3.05) is 20.3 Å². The molecule has 1 atom stereocenters. The van der Waals surface area contributed by atoms with Gasteiger partial charge in [0.1, 0.15) is 0 Å². The van der Waals surface area contributed by atoms with Crippen LogP contribution < -0.4 is 5.32 Å². The molecule has 0 fully saturated rings. The first kappa shape index (κ1) is 13.0. The summed E-state index contributed by atoms with van der Waals surface area (Å²) in [5.41, 5.74) is 0. The predicted molar refractivity (Wildman–Crippen MR) is 66.9 cm³/mol. The molecule has 1 aromatic rings. The van der Waals surface area contributed by atoms with E-state index in [1.54, 1.807) is 11.3 Å². The summed E-state index contributed by atoms with van der Waals surface area (Å²) in [6.45, 7) is 3.77. The molecule has 4 heteroatoms. The molecule has 0 saturated carbocycles. The van der Waals surface area contributed by atoms with Crippen molar-refractivity contribution in [2.45, 2.75) is 25.8 Å². The van der Waals surface area contributed by atoms with Gasteiger partial charge in [-0.05, 0) is 32.0 Å². The van der Waals surface area contributed by atoms with Crippen molar-refractivity contribution < 1.29 is 4.74 Å². The highest BCUT2D eigenvalue weighted by Crippen LogP contribution is 2.28. The third-order valence-corrected chi connectivity index (χ3v) is 3.53. The maximum absolute atomic E-state index is 5.90. The van der Waals surface area contributed by atoms with Gasteiger partial charge in [-0.3, -0.25) is 0 Å². The van der Waals surface area contributed by atoms with E-state index >= 15 is 0 Å². The summed E-state index contributed by atoms with van der Waals surface area (Å²) in [6, 6.07) is 4.38. The van der Waals surface area contributed by atoms with Crippen LogP contribution in [0.1, 0.15) is 30.7 Å². The molecule has 0 amide bonds. The first-order valence-electron chi connectivity index (χ1n) is 5.28. The molecule has 0 bridgehead atoms. The average Bonchev–Trinajstić information content (AvgIpc) is 2.65. The Bertz CT molecular complexity index is 277. The number of hydrogen-bond donors (Lipinski definition) is 1. The minimum atomic E-state index is 0.361. The second kappa shape index (κ2) is 7.23. The van der Waals surface area contributed by atoms with E-state index in [0.29, 0.717) is 6.04 Å². The van der Waals surface area contributed by atoms with Gasteiger partial charge in [-0.2, -0.15) is 0 Å². The van der Waals surface area contributed by atoms with Crippen molar-refractivity contribution in [3.8, 4) is 0 Å². The van der Waals surface area contributed by atoms with Crippen LogP contribution in [0.25, 0.3) is 0 Å². The third kappa shape index (κ3) is 4.51. The van der Waals surface area contributed by atoms with Crippen LogP contribution in [0.4, 0.5) is 0 Å². The Morgan fingerprint density at radius 3 is 2.80 bits per heavy atom. The molecule has 0 aliphatic rings. The van der Waals surface area contributed by atoms with Crippen molar-refractivity contribution in [1.29, 1.82) is 0 Å². The molecule has 0 radical (unpaired) electrons. The van der Waals surface area contributed by atoms with Gasteiger partial charge in [-0.15, -0.1) is 11.3 Å². The number of thiophene rings is 1. The summed E-state index contributed by atoms with van der Waals surface area (Å²) >= 11 is 7.54. The molecular weight excluding hydrogens is 230 g/mol. The lowest BCUT2D eigenvalue weighted by atomic mass is 10.2. The lowest BCUT2D eigenvalue weighted by Crippen LogP contribution is -2.17. The molecule has 1 heterocycles. The minimum Gasteiger partial charge on any atom is -0.381 e. The molecular formula is C11H18ClNOS. The summed E-state index contributed by atoms with van der Waals surface area (Å²) in [5.74, 6) is 0. The predicted octanol–water partition coefficient (Wildman–Crippen LogP) is 3.48. The Hall–Kier alpha value is -0.0900. The zero-order chi connectivity index (χ0) is 11.1. The Morgan fingerprint density at radius 2 is 2.27 bits per heavy atom. The van der Waals surface area contributed by atoms with Crippen molar-refractivity contribution in [2.24, 2.45) is 0 Å². The standard InChI is InChI=1S/C11H18ClNOS/c1-3-7-14-8-6-9(13-2)10-4-5-11(12)15-10/h4-5,9,13H,3,6-8H2,1-2H3. The van der Waals surface area contributed by atoms with Gasteiger partial charge in [0, 0.05) is 24.1 Å². The van der Waals surface area contributed by atoms with Crippen molar-refractivity contribution in [1.82, 2.24) is 5.32 Å². The molecule has 0 aromatic carbocycles. The monoisotopic (exact) mass is 247 g/mol. The van der Waals surface area contributed by atoms with E-state index < -0.39 is 0 Å². The molecule has 1 N–H and O–H groups in total. The fraction of sp³-hybridized carbons (Fsp3) is 0.636. The highest BCUT2D eigenvalue weighted by atomic mass is 35.5.